The van der Waals surface area contributed by atoms with E-state index < -0.39 is 0 Å². The molecular weight excluding hydrogens is 296 g/mol. The first-order valence-corrected chi connectivity index (χ1v) is 8.34. The van der Waals surface area contributed by atoms with E-state index in [9.17, 15) is 4.79 Å². The van der Waals surface area contributed by atoms with Crippen LogP contribution in [0.3, 0.4) is 0 Å². The molecule has 0 saturated carbocycles. The molecule has 0 aliphatic carbocycles. The van der Waals surface area contributed by atoms with Gasteiger partial charge in [-0.3, -0.25) is 4.79 Å². The number of nitrogens with zero attached hydrogens (tertiary/aromatic N) is 2. The number of anilines is 1. The third kappa shape index (κ3) is 2.98. The summed E-state index contributed by atoms with van der Waals surface area (Å²) in [6, 6.07) is 8.71. The van der Waals surface area contributed by atoms with Crippen molar-refractivity contribution in [2.45, 2.75) is 25.9 Å². The predicted octanol–water partition coefficient (Wildman–Crippen LogP) is 1.78. The molecule has 0 saturated heterocycles. The summed E-state index contributed by atoms with van der Waals surface area (Å²) >= 11 is 1.42. The van der Waals surface area contributed by atoms with E-state index in [0.29, 0.717) is 18.8 Å². The van der Waals surface area contributed by atoms with Gasteiger partial charge in [0.15, 0.2) is 0 Å². The van der Waals surface area contributed by atoms with Crippen molar-refractivity contribution in [3.63, 3.8) is 0 Å². The number of fused-ring (bicyclic) bond motifs is 1. The van der Waals surface area contributed by atoms with Crippen LogP contribution in [0.15, 0.2) is 29.6 Å². The Morgan fingerprint density at radius 1 is 1.50 bits per heavy atom. The van der Waals surface area contributed by atoms with Crippen molar-refractivity contribution in [3.8, 4) is 0 Å². The Bertz CT molecular complexity index is 670. The SMILES string of the molecule is CC(CNC(=O)c1csc(CN)n1)N1CCc2ccccc21. The number of hydrogen-bond acceptors (Lipinski definition) is 5. The summed E-state index contributed by atoms with van der Waals surface area (Å²) < 4.78 is 0. The molecule has 1 aromatic heterocycles. The maximum Gasteiger partial charge on any atom is 0.270 e. The Labute approximate surface area is 134 Å². The first-order chi connectivity index (χ1) is 10.7. The van der Waals surface area contributed by atoms with Gasteiger partial charge in [0, 0.05) is 36.7 Å². The monoisotopic (exact) mass is 316 g/mol. The number of nitrogens with one attached hydrogen (secondary N) is 1. The molecule has 1 amide bonds. The molecule has 0 radical (unpaired) electrons. The minimum Gasteiger partial charge on any atom is -0.366 e. The van der Waals surface area contributed by atoms with Crippen molar-refractivity contribution in [1.82, 2.24) is 10.3 Å². The van der Waals surface area contributed by atoms with Gasteiger partial charge in [0.1, 0.15) is 10.7 Å². The molecule has 1 atom stereocenters. The highest BCUT2D eigenvalue weighted by molar-refractivity contribution is 7.09. The summed E-state index contributed by atoms with van der Waals surface area (Å²) in [6.45, 7) is 4.11. The van der Waals surface area contributed by atoms with Crippen LogP contribution >= 0.6 is 11.3 Å². The van der Waals surface area contributed by atoms with Crippen LogP contribution in [0.1, 0.15) is 28.0 Å². The van der Waals surface area contributed by atoms with Gasteiger partial charge in [0.2, 0.25) is 0 Å². The van der Waals surface area contributed by atoms with Crippen LogP contribution in [0.4, 0.5) is 5.69 Å². The second kappa shape index (κ2) is 6.46. The van der Waals surface area contributed by atoms with Gasteiger partial charge >= 0.3 is 0 Å². The lowest BCUT2D eigenvalue weighted by atomic mass is 10.2. The molecule has 22 heavy (non-hydrogen) atoms. The van der Waals surface area contributed by atoms with E-state index in [1.165, 1.54) is 22.6 Å². The van der Waals surface area contributed by atoms with Gasteiger partial charge in [-0.2, -0.15) is 0 Å². The normalized spacial score (nSPS) is 14.7. The minimum absolute atomic E-state index is 0.129. The molecule has 5 nitrogen and oxygen atoms in total. The van der Waals surface area contributed by atoms with E-state index in [1.807, 2.05) is 0 Å². The van der Waals surface area contributed by atoms with Crippen molar-refractivity contribution < 1.29 is 4.79 Å². The largest absolute Gasteiger partial charge is 0.366 e. The van der Waals surface area contributed by atoms with Gasteiger partial charge in [0.25, 0.3) is 5.91 Å². The summed E-state index contributed by atoms with van der Waals surface area (Å²) in [5.41, 5.74) is 8.64. The van der Waals surface area contributed by atoms with Crippen molar-refractivity contribution in [2.24, 2.45) is 5.73 Å². The Kier molecular flexibility index (Phi) is 4.40. The third-order valence-electron chi connectivity index (χ3n) is 3.97. The van der Waals surface area contributed by atoms with Crippen LogP contribution in [-0.4, -0.2) is 30.0 Å². The summed E-state index contributed by atoms with van der Waals surface area (Å²) in [4.78, 5) is 18.7. The molecule has 6 heteroatoms. The zero-order chi connectivity index (χ0) is 15.5. The van der Waals surface area contributed by atoms with E-state index in [4.69, 9.17) is 5.73 Å². The number of aromatic nitrogens is 1. The lowest BCUT2D eigenvalue weighted by molar-refractivity contribution is 0.0947. The standard InChI is InChI=1S/C16H20N4OS/c1-11(20-7-6-12-4-2-3-5-14(12)20)9-18-16(21)13-10-22-15(8-17)19-13/h2-5,10-11H,6-9,17H2,1H3,(H,18,21). The van der Waals surface area contributed by atoms with Crippen molar-refractivity contribution in [1.29, 1.82) is 0 Å². The molecule has 3 rings (SSSR count). The van der Waals surface area contributed by atoms with Crippen molar-refractivity contribution >= 4 is 22.9 Å². The number of thiazole rings is 1. The first-order valence-electron chi connectivity index (χ1n) is 7.46. The van der Waals surface area contributed by atoms with Gasteiger partial charge in [-0.25, -0.2) is 4.98 Å². The maximum atomic E-state index is 12.1. The Hall–Kier alpha value is -1.92. The topological polar surface area (TPSA) is 71.2 Å². The average molecular weight is 316 g/mol. The quantitative estimate of drug-likeness (QED) is 0.882. The minimum atomic E-state index is -0.129. The maximum absolute atomic E-state index is 12.1. The number of nitrogens with two attached hydrogens (primary N) is 1. The van der Waals surface area contributed by atoms with E-state index in [0.717, 1.165) is 18.0 Å². The number of rotatable bonds is 5. The Balaban J connectivity index is 1.59. The van der Waals surface area contributed by atoms with Gasteiger partial charge in [-0.1, -0.05) is 18.2 Å². The van der Waals surface area contributed by atoms with Crippen LogP contribution < -0.4 is 16.0 Å². The highest BCUT2D eigenvalue weighted by Gasteiger charge is 2.23. The third-order valence-corrected chi connectivity index (χ3v) is 4.84. The van der Waals surface area contributed by atoms with Gasteiger partial charge in [-0.05, 0) is 25.0 Å². The fourth-order valence-corrected chi connectivity index (χ4v) is 3.43. The summed E-state index contributed by atoms with van der Waals surface area (Å²) in [6.07, 6.45) is 1.07. The molecule has 2 aromatic rings. The van der Waals surface area contributed by atoms with Crippen LogP contribution in [0, 0.1) is 0 Å². The van der Waals surface area contributed by atoms with E-state index in [1.54, 1.807) is 5.38 Å². The zero-order valence-electron chi connectivity index (χ0n) is 12.6. The molecule has 1 aliphatic rings. The Morgan fingerprint density at radius 2 is 2.32 bits per heavy atom. The molecule has 3 N–H and O–H groups in total. The summed E-state index contributed by atoms with van der Waals surface area (Å²) in [5, 5.41) is 5.51. The van der Waals surface area contributed by atoms with E-state index >= 15 is 0 Å². The van der Waals surface area contributed by atoms with E-state index in [2.05, 4.69) is 46.4 Å². The Morgan fingerprint density at radius 3 is 3.09 bits per heavy atom. The first kappa shape index (κ1) is 15.0. The number of carbonyl (C=O) groups is 1. The fraction of sp³-hybridized carbons (Fsp3) is 0.375. The van der Waals surface area contributed by atoms with Gasteiger partial charge in [0.05, 0.1) is 0 Å². The lowest BCUT2D eigenvalue weighted by Gasteiger charge is -2.27. The molecule has 1 unspecified atom stereocenters. The highest BCUT2D eigenvalue weighted by Crippen LogP contribution is 2.28. The number of benzene rings is 1. The van der Waals surface area contributed by atoms with E-state index in [-0.39, 0.29) is 11.9 Å². The molecule has 116 valence electrons. The molecule has 2 heterocycles. The molecule has 1 aromatic carbocycles. The van der Waals surface area contributed by atoms with Crippen molar-refractivity contribution in [3.05, 3.63) is 45.9 Å². The molecular formula is C16H20N4OS. The number of amides is 1. The highest BCUT2D eigenvalue weighted by atomic mass is 32.1. The average Bonchev–Trinajstić information content (AvgIpc) is 3.18. The summed E-state index contributed by atoms with van der Waals surface area (Å²) in [7, 11) is 0. The molecule has 0 bridgehead atoms. The molecule has 0 fully saturated rings. The lowest BCUT2D eigenvalue weighted by Crippen LogP contribution is -2.41. The second-order valence-corrected chi connectivity index (χ2v) is 6.40. The summed E-state index contributed by atoms with van der Waals surface area (Å²) in [5.74, 6) is -0.129. The smallest absolute Gasteiger partial charge is 0.270 e. The number of para-hydroxylation sites is 1. The molecule has 1 aliphatic heterocycles. The fourth-order valence-electron chi connectivity index (χ4n) is 2.77. The van der Waals surface area contributed by atoms with Gasteiger partial charge < -0.3 is 16.0 Å². The zero-order valence-corrected chi connectivity index (χ0v) is 13.4. The van der Waals surface area contributed by atoms with Crippen molar-refractivity contribution in [2.75, 3.05) is 18.0 Å². The second-order valence-electron chi connectivity index (χ2n) is 5.46. The van der Waals surface area contributed by atoms with Crippen LogP contribution in [-0.2, 0) is 13.0 Å². The number of hydrogen-bond donors (Lipinski definition) is 2. The molecule has 0 spiro atoms. The van der Waals surface area contributed by atoms with Gasteiger partial charge in [-0.15, -0.1) is 11.3 Å². The number of carbonyl (C=O) groups excluding carboxylic acids is 1. The van der Waals surface area contributed by atoms with Crippen LogP contribution in [0.25, 0.3) is 0 Å². The predicted molar refractivity (Wildman–Crippen MR) is 89.3 cm³/mol. The van der Waals surface area contributed by atoms with Crippen LogP contribution in [0.5, 0.6) is 0 Å². The van der Waals surface area contributed by atoms with Crippen LogP contribution in [0.2, 0.25) is 0 Å².